The van der Waals surface area contributed by atoms with E-state index in [2.05, 4.69) is 5.32 Å². The molecule has 3 rings (SSSR count). The van der Waals surface area contributed by atoms with Crippen molar-refractivity contribution in [1.82, 2.24) is 0 Å². The number of ether oxygens (including phenoxy) is 3. The lowest BCUT2D eigenvalue weighted by molar-refractivity contribution is -0.139. The second kappa shape index (κ2) is 9.49. The summed E-state index contributed by atoms with van der Waals surface area (Å²) in [7, 11) is 1.44. The topological polar surface area (TPSA) is 56.8 Å². The van der Waals surface area contributed by atoms with Gasteiger partial charge in [-0.1, -0.05) is 30.3 Å². The molecule has 0 atom stereocenters. The number of hydrogen-bond donors (Lipinski definition) is 1. The number of anilines is 1. The Labute approximate surface area is 173 Å². The Morgan fingerprint density at radius 2 is 1.80 bits per heavy atom. The first kappa shape index (κ1) is 22.1. The fourth-order valence-corrected chi connectivity index (χ4v) is 3.56. The summed E-state index contributed by atoms with van der Waals surface area (Å²) in [4.78, 5) is 13.3. The molecule has 30 heavy (non-hydrogen) atoms. The minimum absolute atomic E-state index is 0.0115. The van der Waals surface area contributed by atoms with Crippen LogP contribution in [0.3, 0.4) is 0 Å². The summed E-state index contributed by atoms with van der Waals surface area (Å²) in [5.41, 5.74) is -0.919. The van der Waals surface area contributed by atoms with Gasteiger partial charge in [0.1, 0.15) is 12.4 Å². The molecule has 1 saturated heterocycles. The number of carbonyl (C=O) groups is 1. The van der Waals surface area contributed by atoms with Crippen LogP contribution in [0.4, 0.5) is 18.9 Å². The summed E-state index contributed by atoms with van der Waals surface area (Å²) in [5, 5.41) is 2.68. The van der Waals surface area contributed by atoms with Gasteiger partial charge in [-0.2, -0.15) is 13.2 Å². The summed E-state index contributed by atoms with van der Waals surface area (Å²) in [5.74, 6) is -0.653. The summed E-state index contributed by atoms with van der Waals surface area (Å²) in [6.07, 6.45) is -3.72. The molecule has 1 aliphatic heterocycles. The van der Waals surface area contributed by atoms with E-state index >= 15 is 0 Å². The van der Waals surface area contributed by atoms with Gasteiger partial charge in [0.15, 0.2) is 0 Å². The third-order valence-corrected chi connectivity index (χ3v) is 5.20. The van der Waals surface area contributed by atoms with E-state index in [1.807, 2.05) is 30.3 Å². The normalized spacial score (nSPS) is 16.1. The molecule has 2 aromatic rings. The minimum atomic E-state index is -4.63. The second-order valence-electron chi connectivity index (χ2n) is 7.06. The molecule has 1 fully saturated rings. The highest BCUT2D eigenvalue weighted by Gasteiger charge is 2.42. The quantitative estimate of drug-likeness (QED) is 0.670. The number of rotatable bonds is 7. The predicted octanol–water partition coefficient (Wildman–Crippen LogP) is 4.42. The number of methoxy groups -OCH3 is 1. The molecule has 0 spiro atoms. The standard InChI is InChI=1S/C22H24F3NO4/c1-28-13-14-30-19-8-7-17(15-18(19)22(23,24)25)26-20(27)21(9-11-29-12-10-21)16-5-3-2-4-6-16/h2-8,15H,9-14H2,1H3,(H,26,27). The largest absolute Gasteiger partial charge is 0.491 e. The van der Waals surface area contributed by atoms with Crippen molar-refractivity contribution in [3.63, 3.8) is 0 Å². The van der Waals surface area contributed by atoms with Gasteiger partial charge in [0.05, 0.1) is 17.6 Å². The molecular weight excluding hydrogens is 399 g/mol. The first-order valence-corrected chi connectivity index (χ1v) is 9.64. The molecule has 5 nitrogen and oxygen atoms in total. The smallest absolute Gasteiger partial charge is 0.420 e. The maximum Gasteiger partial charge on any atom is 0.420 e. The Morgan fingerprint density at radius 3 is 2.43 bits per heavy atom. The number of benzene rings is 2. The summed E-state index contributed by atoms with van der Waals surface area (Å²) in [6, 6.07) is 12.8. The number of hydrogen-bond acceptors (Lipinski definition) is 4. The fraction of sp³-hybridized carbons (Fsp3) is 0.409. The van der Waals surface area contributed by atoms with Crippen molar-refractivity contribution in [2.45, 2.75) is 24.4 Å². The Balaban J connectivity index is 1.87. The highest BCUT2D eigenvalue weighted by atomic mass is 19.4. The predicted molar refractivity (Wildman–Crippen MR) is 106 cm³/mol. The van der Waals surface area contributed by atoms with Crippen LogP contribution in [0.5, 0.6) is 5.75 Å². The third-order valence-electron chi connectivity index (χ3n) is 5.20. The van der Waals surface area contributed by atoms with Gasteiger partial charge >= 0.3 is 6.18 Å². The van der Waals surface area contributed by atoms with Crippen molar-refractivity contribution >= 4 is 11.6 Å². The first-order valence-electron chi connectivity index (χ1n) is 9.64. The van der Waals surface area contributed by atoms with E-state index in [0.29, 0.717) is 26.1 Å². The van der Waals surface area contributed by atoms with Crippen LogP contribution < -0.4 is 10.1 Å². The molecule has 0 bridgehead atoms. The molecule has 2 aromatic carbocycles. The van der Waals surface area contributed by atoms with E-state index in [9.17, 15) is 18.0 Å². The lowest BCUT2D eigenvalue weighted by Gasteiger charge is -2.36. The first-order chi connectivity index (χ1) is 14.4. The Bertz CT molecular complexity index is 849. The number of carbonyl (C=O) groups excluding carboxylic acids is 1. The zero-order valence-electron chi connectivity index (χ0n) is 16.6. The van der Waals surface area contributed by atoms with Crippen LogP contribution in [-0.4, -0.2) is 39.4 Å². The molecule has 0 aliphatic carbocycles. The lowest BCUT2D eigenvalue weighted by atomic mass is 9.73. The molecule has 162 valence electrons. The van der Waals surface area contributed by atoms with Crippen LogP contribution in [-0.2, 0) is 25.9 Å². The highest BCUT2D eigenvalue weighted by Crippen LogP contribution is 2.39. The van der Waals surface area contributed by atoms with Crippen molar-refractivity contribution in [3.05, 3.63) is 59.7 Å². The van der Waals surface area contributed by atoms with Crippen LogP contribution in [0.1, 0.15) is 24.0 Å². The summed E-state index contributed by atoms with van der Waals surface area (Å²) >= 11 is 0. The average molecular weight is 423 g/mol. The average Bonchev–Trinajstić information content (AvgIpc) is 2.75. The van der Waals surface area contributed by atoms with E-state index in [4.69, 9.17) is 14.2 Å². The van der Waals surface area contributed by atoms with E-state index in [1.54, 1.807) is 0 Å². The Morgan fingerprint density at radius 1 is 1.10 bits per heavy atom. The molecule has 0 unspecified atom stereocenters. The van der Waals surface area contributed by atoms with Gasteiger partial charge in [-0.05, 0) is 36.6 Å². The number of alkyl halides is 3. The molecule has 8 heteroatoms. The molecule has 0 aromatic heterocycles. The van der Waals surface area contributed by atoms with Crippen molar-refractivity contribution in [2.75, 3.05) is 38.9 Å². The van der Waals surface area contributed by atoms with Gasteiger partial charge < -0.3 is 19.5 Å². The van der Waals surface area contributed by atoms with Gasteiger partial charge in [0.2, 0.25) is 5.91 Å². The summed E-state index contributed by atoms with van der Waals surface area (Å²) in [6.45, 7) is 0.963. The van der Waals surface area contributed by atoms with E-state index in [0.717, 1.165) is 11.6 Å². The maximum absolute atomic E-state index is 13.5. The van der Waals surface area contributed by atoms with Crippen molar-refractivity contribution in [1.29, 1.82) is 0 Å². The van der Waals surface area contributed by atoms with Gasteiger partial charge in [-0.15, -0.1) is 0 Å². The number of amides is 1. The zero-order valence-corrected chi connectivity index (χ0v) is 16.6. The van der Waals surface area contributed by atoms with Crippen LogP contribution in [0.25, 0.3) is 0 Å². The second-order valence-corrected chi connectivity index (χ2v) is 7.06. The van der Waals surface area contributed by atoms with E-state index < -0.39 is 17.2 Å². The lowest BCUT2D eigenvalue weighted by Crippen LogP contribution is -2.44. The summed E-state index contributed by atoms with van der Waals surface area (Å²) < 4.78 is 56.0. The van der Waals surface area contributed by atoms with Crippen LogP contribution in [0.15, 0.2) is 48.5 Å². The van der Waals surface area contributed by atoms with Crippen LogP contribution in [0, 0.1) is 0 Å². The molecule has 0 saturated carbocycles. The number of nitrogens with one attached hydrogen (secondary N) is 1. The highest BCUT2D eigenvalue weighted by molar-refractivity contribution is 5.99. The monoisotopic (exact) mass is 423 g/mol. The Kier molecular flexibility index (Phi) is 6.99. The van der Waals surface area contributed by atoms with Gasteiger partial charge in [0, 0.05) is 26.0 Å². The maximum atomic E-state index is 13.5. The molecule has 1 aliphatic rings. The SMILES string of the molecule is COCCOc1ccc(NC(=O)C2(c3ccccc3)CCOCC2)cc1C(F)(F)F. The minimum Gasteiger partial charge on any atom is -0.491 e. The Hall–Kier alpha value is -2.58. The molecule has 1 heterocycles. The molecule has 1 N–H and O–H groups in total. The third kappa shape index (κ3) is 4.94. The zero-order chi connectivity index (χ0) is 21.6. The molecular formula is C22H24F3NO4. The van der Waals surface area contributed by atoms with Gasteiger partial charge in [0.25, 0.3) is 0 Å². The van der Waals surface area contributed by atoms with Crippen LogP contribution >= 0.6 is 0 Å². The van der Waals surface area contributed by atoms with E-state index in [1.165, 1.54) is 19.2 Å². The molecule has 1 amide bonds. The fourth-order valence-electron chi connectivity index (χ4n) is 3.56. The van der Waals surface area contributed by atoms with E-state index in [-0.39, 0.29) is 30.6 Å². The van der Waals surface area contributed by atoms with Crippen LogP contribution in [0.2, 0.25) is 0 Å². The van der Waals surface area contributed by atoms with Gasteiger partial charge in [-0.25, -0.2) is 0 Å². The van der Waals surface area contributed by atoms with Crippen molar-refractivity contribution in [2.24, 2.45) is 0 Å². The number of halogens is 3. The van der Waals surface area contributed by atoms with Crippen molar-refractivity contribution in [3.8, 4) is 5.75 Å². The van der Waals surface area contributed by atoms with Crippen molar-refractivity contribution < 1.29 is 32.2 Å². The van der Waals surface area contributed by atoms with Gasteiger partial charge in [-0.3, -0.25) is 4.79 Å². The molecule has 0 radical (unpaired) electrons.